The maximum absolute atomic E-state index is 10.7. The van der Waals surface area contributed by atoms with Crippen molar-refractivity contribution in [1.82, 2.24) is 4.97 Å². The van der Waals surface area contributed by atoms with Crippen molar-refractivity contribution in [1.29, 1.82) is 0 Å². The number of quaternary nitrogens is 1. The van der Waals surface area contributed by atoms with Gasteiger partial charge in [-0.05, 0) is 0 Å². The molecule has 0 aliphatic carbocycles. The molecule has 0 aliphatic rings. The molecule has 1 rings (SSSR count). The van der Waals surface area contributed by atoms with E-state index in [0.717, 1.165) is 0 Å². The van der Waals surface area contributed by atoms with Gasteiger partial charge in [0, 0.05) is 0 Å². The van der Waals surface area contributed by atoms with Crippen molar-refractivity contribution in [2.45, 2.75) is 0 Å². The zero-order valence-electron chi connectivity index (χ0n) is 4.76. The van der Waals surface area contributed by atoms with Gasteiger partial charge >= 0.3 is 74.7 Å². The molecule has 0 bridgehead atoms. The molecular weight excluding hydrogens is 370 g/mol. The first-order chi connectivity index (χ1) is 4.67. The molecule has 0 saturated heterocycles. The first-order valence-corrected chi connectivity index (χ1v) is 3.74. The van der Waals surface area contributed by atoms with Crippen molar-refractivity contribution in [2.24, 2.45) is 0 Å². The van der Waals surface area contributed by atoms with Crippen LogP contribution in [0.1, 0.15) is 0 Å². The van der Waals surface area contributed by atoms with Gasteiger partial charge in [0.1, 0.15) is 0 Å². The van der Waals surface area contributed by atoms with Gasteiger partial charge in [-0.15, -0.1) is 0 Å². The normalized spacial score (nSPS) is 16.8. The Labute approximate surface area is 74.7 Å². The van der Waals surface area contributed by atoms with Crippen LogP contribution in [0, 0.1) is 33.2 Å². The summed E-state index contributed by atoms with van der Waals surface area (Å²) >= 11 is 0.220. The van der Waals surface area contributed by atoms with E-state index in [1.54, 1.807) is 0 Å². The van der Waals surface area contributed by atoms with Crippen molar-refractivity contribution in [3.8, 4) is 0 Å². The van der Waals surface area contributed by atoms with E-state index in [4.69, 9.17) is 5.21 Å². The molecule has 0 radical (unpaired) electrons. The Hall–Kier alpha value is 0.107. The minimum atomic E-state index is -1.88. The molecule has 10 heavy (non-hydrogen) atoms. The Morgan fingerprint density at radius 2 is 2.50 bits per heavy atom. The molecule has 1 atom stereocenters. The molecule has 1 aromatic heterocycles. The third-order valence-electron chi connectivity index (χ3n) is 0.886. The molecule has 1 N–H and O–H groups in total. The van der Waals surface area contributed by atoms with Crippen LogP contribution in [0.4, 0.5) is 5.88 Å². The monoisotopic (exact) mass is 368 g/mol. The zero-order chi connectivity index (χ0) is 7.61. The van der Waals surface area contributed by atoms with Crippen LogP contribution in [0.5, 0.6) is 0 Å². The Kier molecular flexibility index (Phi) is 2.47. The average Bonchev–Trinajstić information content (AvgIpc) is 2.38. The van der Waals surface area contributed by atoms with Gasteiger partial charge in [-0.2, -0.15) is 0 Å². The van der Waals surface area contributed by atoms with Crippen LogP contribution in [0.15, 0.2) is 22.8 Å². The molecule has 1 heterocycles. The first-order valence-electron chi connectivity index (χ1n) is 2.35. The Balaban J connectivity index is 2.85. The van der Waals surface area contributed by atoms with Crippen molar-refractivity contribution in [2.75, 3.05) is 0 Å². The van der Waals surface area contributed by atoms with Crippen LogP contribution < -0.4 is 4.97 Å². The van der Waals surface area contributed by atoms with E-state index in [0.29, 0.717) is 0 Å². The van der Waals surface area contributed by atoms with Crippen LogP contribution in [0.2, 0.25) is 0 Å². The number of nitrogens with zero attached hydrogens (tertiary/aromatic N) is 1. The third-order valence-corrected chi connectivity index (χ3v) is 1.73. The fourth-order valence-corrected chi connectivity index (χ4v) is 0.773. The van der Waals surface area contributed by atoms with E-state index in [2.05, 4.69) is 6.99 Å². The summed E-state index contributed by atoms with van der Waals surface area (Å²) in [5.74, 6) is -0.174. The number of hydrogen-bond donors (Lipinski definition) is 1. The first kappa shape index (κ1) is 8.21. The molecule has 0 spiro atoms. The van der Waals surface area contributed by atoms with Crippen LogP contribution in [-0.4, -0.2) is 5.21 Å². The van der Waals surface area contributed by atoms with Crippen LogP contribution >= 0.6 is 0 Å². The number of hydrogen-bond acceptors (Lipinski definition) is 4. The van der Waals surface area contributed by atoms with Gasteiger partial charge < -0.3 is 0 Å². The molecular formula is C4H4NO4Pu. The number of rotatable bonds is 2. The molecule has 1 unspecified atom stereocenters. The predicted octanol–water partition coefficient (Wildman–Crippen LogP) is 0.870. The van der Waals surface area contributed by atoms with Crippen molar-refractivity contribution < 1.29 is 40.2 Å². The molecule has 0 fully saturated rings. The molecule has 1 aromatic rings. The van der Waals surface area contributed by atoms with E-state index < -0.39 is 4.97 Å². The summed E-state index contributed by atoms with van der Waals surface area (Å²) in [4.78, 5) is -1.88. The summed E-state index contributed by atoms with van der Waals surface area (Å²) in [5.41, 5.74) is 0. The Morgan fingerprint density at radius 3 is 2.90 bits per heavy atom. The second kappa shape index (κ2) is 3.01. The van der Waals surface area contributed by atoms with E-state index >= 15 is 0 Å². The fraction of sp³-hybridized carbons (Fsp3) is 0. The summed E-state index contributed by atoms with van der Waals surface area (Å²) in [6.45, 7) is 0. The van der Waals surface area contributed by atoms with Gasteiger partial charge in [0.15, 0.2) is 0 Å². The molecule has 6 heteroatoms. The molecule has 55 valence electrons. The van der Waals surface area contributed by atoms with Gasteiger partial charge in [-0.1, -0.05) is 0 Å². The maximum atomic E-state index is 10.7. The second-order valence-electron chi connectivity index (χ2n) is 1.55. The van der Waals surface area contributed by atoms with Crippen molar-refractivity contribution in [3.05, 3.63) is 23.6 Å². The molecule has 0 saturated carbocycles. The quantitative estimate of drug-likeness (QED) is 0.617. The van der Waals surface area contributed by atoms with Crippen LogP contribution in [-0.2, 0) is 2.57 Å². The third kappa shape index (κ3) is 1.58. The standard InChI is InChI=1S/C4H4NO4.Pu/c6-5(7,8)4-2-1-3-9-4;/h1-3,6H;/q-1;+1. The minimum absolute atomic E-state index is 0.174. The van der Waals surface area contributed by atoms with Gasteiger partial charge in [0.05, 0.1) is 0 Å². The van der Waals surface area contributed by atoms with E-state index in [9.17, 15) is 5.21 Å². The summed E-state index contributed by atoms with van der Waals surface area (Å²) < 4.78 is 8.85. The van der Waals surface area contributed by atoms with Crippen molar-refractivity contribution in [3.63, 3.8) is 0 Å². The van der Waals surface area contributed by atoms with E-state index in [1.165, 1.54) is 18.4 Å². The van der Waals surface area contributed by atoms with E-state index in [-0.39, 0.29) is 33.9 Å². The second-order valence-corrected chi connectivity index (χ2v) is 2.17. The van der Waals surface area contributed by atoms with E-state index in [1.807, 2.05) is 0 Å². The SMILES string of the molecule is [O-][N+](O)([O][Pu])c1ccco1. The summed E-state index contributed by atoms with van der Waals surface area (Å²) in [7, 11) is 0. The van der Waals surface area contributed by atoms with Crippen LogP contribution in [0.3, 0.4) is 0 Å². The summed E-state index contributed by atoms with van der Waals surface area (Å²) in [5, 5.41) is 19.5. The Morgan fingerprint density at radius 1 is 1.80 bits per heavy atom. The molecule has 5 nitrogen and oxygen atoms in total. The average molecular weight is 374 g/mol. The van der Waals surface area contributed by atoms with Crippen LogP contribution in [0.25, 0.3) is 0 Å². The molecule has 0 aliphatic heterocycles. The molecule has 0 amide bonds. The topological polar surface area (TPSA) is 65.7 Å². The van der Waals surface area contributed by atoms with Gasteiger partial charge in [0.25, 0.3) is 0 Å². The molecule has 0 aromatic carbocycles. The fourth-order valence-electron chi connectivity index (χ4n) is 0.467. The predicted molar refractivity (Wildman–Crippen MR) is 26.7 cm³/mol. The van der Waals surface area contributed by atoms with Crippen molar-refractivity contribution >= 4 is 5.88 Å². The summed E-state index contributed by atoms with van der Waals surface area (Å²) in [6.07, 6.45) is 1.29. The Bertz CT molecular complexity index is 197. The summed E-state index contributed by atoms with van der Waals surface area (Å²) in [6, 6.07) is 2.83. The zero-order valence-corrected chi connectivity index (χ0v) is 8.16. The van der Waals surface area contributed by atoms with Gasteiger partial charge in [0.2, 0.25) is 0 Å². The van der Waals surface area contributed by atoms with Gasteiger partial charge in [-0.3, -0.25) is 0 Å². The number of furan rings is 1. The van der Waals surface area contributed by atoms with Gasteiger partial charge in [-0.25, -0.2) is 0 Å².